The van der Waals surface area contributed by atoms with E-state index in [4.69, 9.17) is 4.74 Å². The molecule has 2 unspecified atom stereocenters. The molecule has 0 saturated heterocycles. The van der Waals surface area contributed by atoms with Gasteiger partial charge in [0.1, 0.15) is 5.75 Å². The average Bonchev–Trinajstić information content (AvgIpc) is 3.36. The number of imidazole rings is 1. The van der Waals surface area contributed by atoms with Crippen LogP contribution in [0.5, 0.6) is 5.75 Å². The number of amides is 1. The van der Waals surface area contributed by atoms with Gasteiger partial charge in [0.2, 0.25) is 0 Å². The first-order valence-corrected chi connectivity index (χ1v) is 10.6. The molecular formula is C23H19N3O3S. The zero-order chi connectivity index (χ0) is 20.8. The van der Waals surface area contributed by atoms with Gasteiger partial charge >= 0.3 is 0 Å². The summed E-state index contributed by atoms with van der Waals surface area (Å²) in [6.07, 6.45) is 3.24. The minimum absolute atomic E-state index is 0.114. The van der Waals surface area contributed by atoms with Crippen molar-refractivity contribution in [2.45, 2.75) is 26.0 Å². The van der Waals surface area contributed by atoms with Gasteiger partial charge in [0.15, 0.2) is 16.8 Å². The molecule has 0 bridgehead atoms. The summed E-state index contributed by atoms with van der Waals surface area (Å²) in [5.74, 6) is 0.235. The highest BCUT2D eigenvalue weighted by Gasteiger charge is 2.37. The van der Waals surface area contributed by atoms with Crippen molar-refractivity contribution in [3.05, 3.63) is 71.9 Å². The van der Waals surface area contributed by atoms with Crippen molar-refractivity contribution in [3.63, 3.8) is 0 Å². The Morgan fingerprint density at radius 1 is 1.20 bits per heavy atom. The second kappa shape index (κ2) is 7.11. The van der Waals surface area contributed by atoms with Crippen molar-refractivity contribution < 1.29 is 14.3 Å². The van der Waals surface area contributed by atoms with Crippen LogP contribution in [0.25, 0.3) is 16.2 Å². The Morgan fingerprint density at radius 3 is 2.77 bits per heavy atom. The van der Waals surface area contributed by atoms with Gasteiger partial charge in [0.05, 0.1) is 17.4 Å². The second-order valence-corrected chi connectivity index (χ2v) is 8.15. The molecule has 2 aromatic heterocycles. The third-order valence-electron chi connectivity index (χ3n) is 5.32. The summed E-state index contributed by atoms with van der Waals surface area (Å²) in [6, 6.07) is 14.0. The Bertz CT molecular complexity index is 1230. The second-order valence-electron chi connectivity index (χ2n) is 7.28. The molecule has 0 radical (unpaired) electrons. The molecule has 5 rings (SSSR count). The molecule has 0 fully saturated rings. The molecular weight excluding hydrogens is 398 g/mol. The lowest BCUT2D eigenvalue weighted by atomic mass is 10.0. The number of thiazole rings is 1. The van der Waals surface area contributed by atoms with Crippen LogP contribution >= 0.6 is 11.3 Å². The van der Waals surface area contributed by atoms with Crippen LogP contribution in [-0.2, 0) is 4.79 Å². The van der Waals surface area contributed by atoms with Crippen LogP contribution in [0.3, 0.4) is 0 Å². The molecule has 3 heterocycles. The zero-order valence-electron chi connectivity index (χ0n) is 16.5. The van der Waals surface area contributed by atoms with E-state index in [1.165, 1.54) is 0 Å². The third-order valence-corrected chi connectivity index (χ3v) is 6.09. The molecule has 4 aromatic rings. The molecule has 7 heteroatoms. The molecule has 6 nitrogen and oxygen atoms in total. The van der Waals surface area contributed by atoms with Gasteiger partial charge in [-0.1, -0.05) is 30.3 Å². The molecule has 2 atom stereocenters. The first kappa shape index (κ1) is 18.6. The number of carbonyl (C=O) groups is 2. The minimum Gasteiger partial charge on any atom is -0.479 e. The molecule has 0 spiro atoms. The van der Waals surface area contributed by atoms with Crippen molar-refractivity contribution in [3.8, 4) is 17.0 Å². The van der Waals surface area contributed by atoms with Crippen LogP contribution in [0.2, 0.25) is 0 Å². The van der Waals surface area contributed by atoms with Crippen LogP contribution in [0.1, 0.15) is 24.2 Å². The minimum atomic E-state index is -0.661. The number of nitrogens with zero attached hydrogens (tertiary/aromatic N) is 3. The number of ketones is 1. The fourth-order valence-corrected chi connectivity index (χ4v) is 4.45. The lowest BCUT2D eigenvalue weighted by Gasteiger charge is -2.36. The summed E-state index contributed by atoms with van der Waals surface area (Å²) in [6.45, 7) is 3.46. The average molecular weight is 417 g/mol. The summed E-state index contributed by atoms with van der Waals surface area (Å²) in [5.41, 5.74) is 2.82. The molecule has 1 amide bonds. The fourth-order valence-electron chi connectivity index (χ4n) is 3.75. The number of rotatable bonds is 4. The van der Waals surface area contributed by atoms with Gasteiger partial charge in [0.25, 0.3) is 5.91 Å². The SMILES string of the molecule is CC1Oc2ccc(-c3cn4ccsc4n3)cc2N(C(C)C(=O)c2ccccc2)C1=O. The Hall–Kier alpha value is -3.45. The van der Waals surface area contributed by atoms with E-state index in [-0.39, 0.29) is 11.7 Å². The standard InChI is InChI=1S/C23H19N3O3S/c1-14(21(27)16-6-4-3-5-7-16)26-19-12-17(8-9-20(19)29-15(2)22(26)28)18-13-25-10-11-30-23(25)24-18/h3-15H,1-2H3. The maximum atomic E-state index is 13.1. The first-order valence-electron chi connectivity index (χ1n) is 9.68. The van der Waals surface area contributed by atoms with Crippen molar-refractivity contribution >= 4 is 33.7 Å². The smallest absolute Gasteiger partial charge is 0.268 e. The fraction of sp³-hybridized carbons (Fsp3) is 0.174. The van der Waals surface area contributed by atoms with E-state index in [1.807, 2.05) is 58.6 Å². The van der Waals surface area contributed by atoms with Crippen molar-refractivity contribution in [1.82, 2.24) is 9.38 Å². The lowest BCUT2D eigenvalue weighted by molar-refractivity contribution is -0.125. The van der Waals surface area contributed by atoms with E-state index < -0.39 is 12.1 Å². The van der Waals surface area contributed by atoms with Crippen molar-refractivity contribution in [2.75, 3.05) is 4.90 Å². The molecule has 0 aliphatic carbocycles. The summed E-state index contributed by atoms with van der Waals surface area (Å²) < 4.78 is 7.78. The zero-order valence-corrected chi connectivity index (χ0v) is 17.3. The molecule has 0 saturated carbocycles. The van der Waals surface area contributed by atoms with E-state index in [9.17, 15) is 9.59 Å². The largest absolute Gasteiger partial charge is 0.479 e. The highest BCUT2D eigenvalue weighted by Crippen LogP contribution is 2.39. The number of fused-ring (bicyclic) bond motifs is 2. The van der Waals surface area contributed by atoms with Gasteiger partial charge in [-0.15, -0.1) is 11.3 Å². The Kier molecular flexibility index (Phi) is 4.40. The highest BCUT2D eigenvalue weighted by molar-refractivity contribution is 7.15. The van der Waals surface area contributed by atoms with E-state index >= 15 is 0 Å². The lowest BCUT2D eigenvalue weighted by Crippen LogP contribution is -2.51. The number of aromatic nitrogens is 2. The quantitative estimate of drug-likeness (QED) is 0.460. The predicted octanol–water partition coefficient (Wildman–Crippen LogP) is 4.45. The Labute approximate surface area is 177 Å². The highest BCUT2D eigenvalue weighted by atomic mass is 32.1. The number of Topliss-reactive ketones (excluding diaryl/α,β-unsaturated/α-hetero) is 1. The van der Waals surface area contributed by atoms with Crippen LogP contribution in [0.15, 0.2) is 66.3 Å². The van der Waals surface area contributed by atoms with E-state index in [1.54, 1.807) is 42.2 Å². The summed E-state index contributed by atoms with van der Waals surface area (Å²) in [5, 5.41) is 1.98. The summed E-state index contributed by atoms with van der Waals surface area (Å²) in [4.78, 5) is 33.2. The van der Waals surface area contributed by atoms with Crippen LogP contribution in [-0.4, -0.2) is 33.2 Å². The Balaban J connectivity index is 1.57. The van der Waals surface area contributed by atoms with Crippen LogP contribution in [0.4, 0.5) is 5.69 Å². The van der Waals surface area contributed by atoms with Crippen LogP contribution in [0, 0.1) is 0 Å². The van der Waals surface area contributed by atoms with E-state index in [0.29, 0.717) is 17.0 Å². The molecule has 30 heavy (non-hydrogen) atoms. The molecule has 2 aromatic carbocycles. The first-order chi connectivity index (χ1) is 14.5. The molecule has 1 aliphatic heterocycles. The number of anilines is 1. The number of benzene rings is 2. The maximum absolute atomic E-state index is 13.1. The van der Waals surface area contributed by atoms with Crippen molar-refractivity contribution in [2.24, 2.45) is 0 Å². The van der Waals surface area contributed by atoms with Crippen LogP contribution < -0.4 is 9.64 Å². The van der Waals surface area contributed by atoms with Gasteiger partial charge in [-0.25, -0.2) is 4.98 Å². The van der Waals surface area contributed by atoms with Gasteiger partial charge in [0, 0.05) is 28.9 Å². The number of carbonyl (C=O) groups excluding carboxylic acids is 2. The normalized spacial score (nSPS) is 16.9. The number of ether oxygens (including phenoxy) is 1. The van der Waals surface area contributed by atoms with E-state index in [0.717, 1.165) is 16.2 Å². The molecule has 150 valence electrons. The van der Waals surface area contributed by atoms with Gasteiger partial charge in [-0.2, -0.15) is 0 Å². The maximum Gasteiger partial charge on any atom is 0.268 e. The van der Waals surface area contributed by atoms with Gasteiger partial charge < -0.3 is 4.74 Å². The third kappa shape index (κ3) is 2.98. The van der Waals surface area contributed by atoms with E-state index in [2.05, 4.69) is 4.98 Å². The summed E-state index contributed by atoms with van der Waals surface area (Å²) in [7, 11) is 0. The number of hydrogen-bond acceptors (Lipinski definition) is 5. The summed E-state index contributed by atoms with van der Waals surface area (Å²) >= 11 is 1.56. The predicted molar refractivity (Wildman–Crippen MR) is 116 cm³/mol. The monoisotopic (exact) mass is 417 g/mol. The van der Waals surface area contributed by atoms with Gasteiger partial charge in [-0.3, -0.25) is 18.9 Å². The molecule has 1 aliphatic rings. The molecule has 0 N–H and O–H groups in total. The Morgan fingerprint density at radius 2 is 2.00 bits per heavy atom. The number of hydrogen-bond donors (Lipinski definition) is 0. The van der Waals surface area contributed by atoms with Gasteiger partial charge in [-0.05, 0) is 32.0 Å². The topological polar surface area (TPSA) is 63.9 Å². The van der Waals surface area contributed by atoms with Crippen molar-refractivity contribution in [1.29, 1.82) is 0 Å².